The summed E-state index contributed by atoms with van der Waals surface area (Å²) in [5.74, 6) is -0.493. The fourth-order valence-electron chi connectivity index (χ4n) is 5.26. The summed E-state index contributed by atoms with van der Waals surface area (Å²) in [6.45, 7) is 4.15. The smallest absolute Gasteiger partial charge is 0.319 e. The Hall–Kier alpha value is -1.77. The molecule has 1 heterocycles. The third-order valence-corrected chi connectivity index (χ3v) is 9.89. The van der Waals surface area contributed by atoms with E-state index in [1.165, 1.54) is 25.0 Å². The molecule has 4 rings (SSSR count). The van der Waals surface area contributed by atoms with Gasteiger partial charge >= 0.3 is 6.03 Å². The summed E-state index contributed by atoms with van der Waals surface area (Å²) in [6, 6.07) is 2.74. The standard InChI is InChI=1S/C23H32ClN3O4S/c1-15-5-4-6-19(15)25-23(29)26-20-12-11-18(24)22(21(20)28)32(30,31)17-9-7-16(8-10-17)27-13-2-3-14-27/h5,11-12,16-17,19,28H,2-4,6-10,13-14H2,1H3,(H2,25,26,29)/t16-,17+,19?. The van der Waals surface area contributed by atoms with Gasteiger partial charge in [0.05, 0.1) is 22.0 Å². The number of carbonyl (C=O) groups excluding carboxylic acids is 1. The maximum Gasteiger partial charge on any atom is 0.319 e. The maximum absolute atomic E-state index is 13.4. The number of nitrogens with one attached hydrogen (secondary N) is 2. The van der Waals surface area contributed by atoms with Crippen LogP contribution in [0.25, 0.3) is 0 Å². The Labute approximate surface area is 195 Å². The van der Waals surface area contributed by atoms with Crippen molar-refractivity contribution >= 4 is 33.2 Å². The minimum absolute atomic E-state index is 0.0234. The molecule has 2 aliphatic carbocycles. The van der Waals surface area contributed by atoms with Gasteiger partial charge in [-0.25, -0.2) is 13.2 Å². The molecule has 0 aromatic heterocycles. The number of urea groups is 1. The molecule has 7 nitrogen and oxygen atoms in total. The molecule has 32 heavy (non-hydrogen) atoms. The topological polar surface area (TPSA) is 98.7 Å². The lowest BCUT2D eigenvalue weighted by Crippen LogP contribution is -2.39. The zero-order chi connectivity index (χ0) is 22.9. The number of carbonyl (C=O) groups is 1. The van der Waals surface area contributed by atoms with E-state index in [-0.39, 0.29) is 21.6 Å². The number of hydrogen-bond donors (Lipinski definition) is 3. The highest BCUT2D eigenvalue weighted by molar-refractivity contribution is 7.92. The van der Waals surface area contributed by atoms with Crippen LogP contribution in [0, 0.1) is 0 Å². The van der Waals surface area contributed by atoms with Gasteiger partial charge in [0, 0.05) is 6.04 Å². The molecule has 2 fully saturated rings. The van der Waals surface area contributed by atoms with Gasteiger partial charge in [-0.15, -0.1) is 0 Å². The second kappa shape index (κ2) is 9.61. The molecule has 1 aliphatic heterocycles. The zero-order valence-electron chi connectivity index (χ0n) is 18.4. The van der Waals surface area contributed by atoms with Gasteiger partial charge in [0.15, 0.2) is 15.6 Å². The van der Waals surface area contributed by atoms with Gasteiger partial charge in [0.2, 0.25) is 0 Å². The Kier molecular flexibility index (Phi) is 7.03. The molecular formula is C23H32ClN3O4S. The van der Waals surface area contributed by atoms with Crippen LogP contribution in [-0.4, -0.2) is 54.9 Å². The van der Waals surface area contributed by atoms with Gasteiger partial charge in [-0.05, 0) is 83.5 Å². The molecule has 1 saturated carbocycles. The summed E-state index contributed by atoms with van der Waals surface area (Å²) in [5, 5.41) is 15.6. The first-order valence-corrected chi connectivity index (χ1v) is 13.4. The number of amides is 2. The fraction of sp³-hybridized carbons (Fsp3) is 0.609. The number of hydrogen-bond acceptors (Lipinski definition) is 5. The summed E-state index contributed by atoms with van der Waals surface area (Å²) in [4.78, 5) is 14.6. The van der Waals surface area contributed by atoms with Crippen molar-refractivity contribution in [3.8, 4) is 5.75 Å². The lowest BCUT2D eigenvalue weighted by Gasteiger charge is -2.34. The number of phenols is 1. The lowest BCUT2D eigenvalue weighted by molar-refractivity contribution is 0.192. The van der Waals surface area contributed by atoms with E-state index < -0.39 is 26.9 Å². The lowest BCUT2D eigenvalue weighted by atomic mass is 9.94. The second-order valence-electron chi connectivity index (χ2n) is 9.17. The minimum atomic E-state index is -3.84. The molecule has 1 aromatic rings. The summed E-state index contributed by atoms with van der Waals surface area (Å²) < 4.78 is 26.8. The van der Waals surface area contributed by atoms with Crippen LogP contribution in [-0.2, 0) is 9.84 Å². The first-order valence-electron chi connectivity index (χ1n) is 11.5. The highest BCUT2D eigenvalue weighted by Gasteiger charge is 2.37. The molecule has 0 radical (unpaired) electrons. The summed E-state index contributed by atoms with van der Waals surface area (Å²) >= 11 is 6.25. The third-order valence-electron chi connectivity index (χ3n) is 7.13. The summed E-state index contributed by atoms with van der Waals surface area (Å²) in [6.07, 6.45) is 8.99. The number of rotatable bonds is 5. The average Bonchev–Trinajstić information content (AvgIpc) is 3.43. The van der Waals surface area contributed by atoms with Crippen molar-refractivity contribution in [3.05, 3.63) is 28.8 Å². The summed E-state index contributed by atoms with van der Waals surface area (Å²) in [7, 11) is -3.84. The van der Waals surface area contributed by atoms with Crippen molar-refractivity contribution in [2.75, 3.05) is 18.4 Å². The number of sulfone groups is 1. The quantitative estimate of drug-likeness (QED) is 0.426. The molecule has 1 atom stereocenters. The van der Waals surface area contributed by atoms with E-state index in [4.69, 9.17) is 11.6 Å². The number of allylic oxidation sites excluding steroid dienone is 1. The summed E-state index contributed by atoms with van der Waals surface area (Å²) in [5.41, 5.74) is 1.13. The molecular weight excluding hydrogens is 450 g/mol. The van der Waals surface area contributed by atoms with Gasteiger partial charge in [0.1, 0.15) is 4.90 Å². The number of aromatic hydroxyl groups is 1. The molecule has 9 heteroatoms. The molecule has 3 N–H and O–H groups in total. The number of likely N-dealkylation sites (tertiary alicyclic amines) is 1. The zero-order valence-corrected chi connectivity index (χ0v) is 20.0. The van der Waals surface area contributed by atoms with Gasteiger partial charge < -0.3 is 20.6 Å². The molecule has 0 bridgehead atoms. The van der Waals surface area contributed by atoms with Gasteiger partial charge in [-0.1, -0.05) is 23.3 Å². The number of phenolic OH excluding ortho intramolecular Hbond substituents is 1. The maximum atomic E-state index is 13.4. The second-order valence-corrected chi connectivity index (χ2v) is 11.7. The number of anilines is 1. The van der Waals surface area contributed by atoms with Crippen molar-refractivity contribution < 1.29 is 18.3 Å². The van der Waals surface area contributed by atoms with Crippen LogP contribution in [0.4, 0.5) is 10.5 Å². The molecule has 1 aromatic carbocycles. The molecule has 176 valence electrons. The number of benzene rings is 1. The van der Waals surface area contributed by atoms with E-state index >= 15 is 0 Å². The number of halogens is 1. The van der Waals surface area contributed by atoms with Crippen LogP contribution in [0.15, 0.2) is 28.7 Å². The van der Waals surface area contributed by atoms with Crippen LogP contribution >= 0.6 is 11.6 Å². The molecule has 1 saturated heterocycles. The van der Waals surface area contributed by atoms with Gasteiger partial charge in [-0.3, -0.25) is 0 Å². The van der Waals surface area contributed by atoms with Crippen LogP contribution in [0.5, 0.6) is 5.75 Å². The molecule has 2 amide bonds. The Morgan fingerprint density at radius 2 is 1.81 bits per heavy atom. The molecule has 3 aliphatic rings. The highest BCUT2D eigenvalue weighted by Crippen LogP contribution is 2.41. The first kappa shape index (κ1) is 23.4. The van der Waals surface area contributed by atoms with Crippen LogP contribution < -0.4 is 10.6 Å². The Balaban J connectivity index is 1.47. The van der Waals surface area contributed by atoms with E-state index in [1.54, 1.807) is 0 Å². The van der Waals surface area contributed by atoms with Crippen molar-refractivity contribution in [2.24, 2.45) is 0 Å². The predicted molar refractivity (Wildman–Crippen MR) is 126 cm³/mol. The normalized spacial score (nSPS) is 26.7. The van der Waals surface area contributed by atoms with Crippen molar-refractivity contribution in [2.45, 2.75) is 80.5 Å². The SMILES string of the molecule is CC1=CCCC1NC(=O)Nc1ccc(Cl)c(S(=O)(=O)[C@H]2CC[C@@H](N3CCCC3)CC2)c1O. The Morgan fingerprint density at radius 1 is 1.12 bits per heavy atom. The fourth-order valence-corrected chi connectivity index (χ4v) is 7.68. The molecule has 0 spiro atoms. The minimum Gasteiger partial charge on any atom is -0.504 e. The van der Waals surface area contributed by atoms with E-state index in [9.17, 15) is 18.3 Å². The van der Waals surface area contributed by atoms with E-state index in [1.807, 2.05) is 6.92 Å². The largest absolute Gasteiger partial charge is 0.504 e. The van der Waals surface area contributed by atoms with Crippen molar-refractivity contribution in [1.29, 1.82) is 0 Å². The van der Waals surface area contributed by atoms with Crippen molar-refractivity contribution in [3.63, 3.8) is 0 Å². The van der Waals surface area contributed by atoms with Gasteiger partial charge in [0.25, 0.3) is 0 Å². The third kappa shape index (κ3) is 4.77. The predicted octanol–water partition coefficient (Wildman–Crippen LogP) is 4.46. The van der Waals surface area contributed by atoms with E-state index in [2.05, 4.69) is 21.6 Å². The average molecular weight is 482 g/mol. The number of nitrogens with zero attached hydrogens (tertiary/aromatic N) is 1. The van der Waals surface area contributed by atoms with Crippen LogP contribution in [0.3, 0.4) is 0 Å². The Bertz CT molecular complexity index is 997. The van der Waals surface area contributed by atoms with Gasteiger partial charge in [-0.2, -0.15) is 0 Å². The first-order chi connectivity index (χ1) is 15.3. The Morgan fingerprint density at radius 3 is 2.44 bits per heavy atom. The highest BCUT2D eigenvalue weighted by atomic mass is 35.5. The molecule has 1 unspecified atom stereocenters. The van der Waals surface area contributed by atoms with Crippen LogP contribution in [0.2, 0.25) is 5.02 Å². The van der Waals surface area contributed by atoms with E-state index in [0.717, 1.165) is 44.3 Å². The van der Waals surface area contributed by atoms with Crippen molar-refractivity contribution in [1.82, 2.24) is 10.2 Å². The monoisotopic (exact) mass is 481 g/mol. The van der Waals surface area contributed by atoms with Crippen LogP contribution in [0.1, 0.15) is 58.3 Å². The van der Waals surface area contributed by atoms with E-state index in [0.29, 0.717) is 18.9 Å².